The third kappa shape index (κ3) is 5.40. The van der Waals surface area contributed by atoms with E-state index >= 15 is 0 Å². The van der Waals surface area contributed by atoms with Crippen LogP contribution in [-0.4, -0.2) is 64.4 Å². The lowest BCUT2D eigenvalue weighted by molar-refractivity contribution is -0.138. The average Bonchev–Trinajstić information content (AvgIpc) is 2.66. The van der Waals surface area contributed by atoms with Gasteiger partial charge in [0, 0.05) is 26.7 Å². The van der Waals surface area contributed by atoms with E-state index in [1.807, 2.05) is 36.8 Å². The fourth-order valence-electron chi connectivity index (χ4n) is 1.87. The second-order valence-electron chi connectivity index (χ2n) is 5.01. The largest absolute Gasteiger partial charge is 0.480 e. The van der Waals surface area contributed by atoms with E-state index in [1.165, 1.54) is 0 Å². The fraction of sp³-hybridized carbons (Fsp3) is 0.692. The minimum absolute atomic E-state index is 0.0560. The highest BCUT2D eigenvalue weighted by atomic mass is 16.4. The van der Waals surface area contributed by atoms with Gasteiger partial charge in [0.15, 0.2) is 0 Å². The lowest BCUT2D eigenvalue weighted by Gasteiger charge is -2.22. The number of aliphatic carboxylic acids is 1. The van der Waals surface area contributed by atoms with Gasteiger partial charge in [-0.05, 0) is 26.6 Å². The molecule has 6 nitrogen and oxygen atoms in total. The summed E-state index contributed by atoms with van der Waals surface area (Å²) in [5.41, 5.74) is 2.09. The van der Waals surface area contributed by atoms with Crippen LogP contribution in [0.25, 0.3) is 0 Å². The number of hydrogen-bond donors (Lipinski definition) is 1. The molecule has 0 saturated heterocycles. The van der Waals surface area contributed by atoms with E-state index < -0.39 is 5.97 Å². The molecule has 0 atom stereocenters. The van der Waals surface area contributed by atoms with Crippen molar-refractivity contribution in [1.29, 1.82) is 0 Å². The average molecular weight is 268 g/mol. The normalized spacial score (nSPS) is 11.5. The van der Waals surface area contributed by atoms with Crippen LogP contribution in [0, 0.1) is 0 Å². The van der Waals surface area contributed by atoms with Crippen LogP contribution in [0.3, 0.4) is 0 Å². The number of carboxylic acids is 1. The summed E-state index contributed by atoms with van der Waals surface area (Å²) < 4.78 is 1.84. The van der Waals surface area contributed by atoms with E-state index in [2.05, 4.69) is 16.9 Å². The highest BCUT2D eigenvalue weighted by Crippen LogP contribution is 2.07. The second-order valence-corrected chi connectivity index (χ2v) is 5.01. The molecule has 0 fully saturated rings. The molecule has 0 aliphatic carbocycles. The monoisotopic (exact) mass is 268 g/mol. The number of carbonyl (C=O) groups is 1. The lowest BCUT2D eigenvalue weighted by atomic mass is 10.3. The molecule has 0 saturated carbocycles. The quantitative estimate of drug-likeness (QED) is 0.741. The number of aryl methyl sites for hydroxylation is 2. The Kier molecular flexibility index (Phi) is 5.98. The molecular weight excluding hydrogens is 244 g/mol. The Labute approximate surface area is 114 Å². The maximum absolute atomic E-state index is 10.9. The molecular formula is C13H24N4O2. The van der Waals surface area contributed by atoms with E-state index in [1.54, 1.807) is 0 Å². The van der Waals surface area contributed by atoms with Gasteiger partial charge in [-0.25, -0.2) is 0 Å². The first-order chi connectivity index (χ1) is 8.92. The van der Waals surface area contributed by atoms with Crippen molar-refractivity contribution in [3.05, 3.63) is 17.5 Å². The molecule has 0 amide bonds. The summed E-state index contributed by atoms with van der Waals surface area (Å²) in [6, 6.07) is 2.05. The van der Waals surface area contributed by atoms with Gasteiger partial charge in [0.2, 0.25) is 0 Å². The maximum atomic E-state index is 10.9. The Bertz CT molecular complexity index is 415. The van der Waals surface area contributed by atoms with Crippen LogP contribution in [0.1, 0.15) is 18.3 Å². The first-order valence-electron chi connectivity index (χ1n) is 6.53. The molecule has 1 heterocycles. The van der Waals surface area contributed by atoms with Crippen LogP contribution < -0.4 is 0 Å². The third-order valence-electron chi connectivity index (χ3n) is 3.00. The van der Waals surface area contributed by atoms with Crippen LogP contribution in [0.15, 0.2) is 6.07 Å². The molecule has 0 unspecified atom stereocenters. The van der Waals surface area contributed by atoms with Crippen LogP contribution in [0.5, 0.6) is 0 Å². The van der Waals surface area contributed by atoms with Crippen molar-refractivity contribution in [3.63, 3.8) is 0 Å². The highest BCUT2D eigenvalue weighted by molar-refractivity contribution is 5.69. The van der Waals surface area contributed by atoms with Gasteiger partial charge >= 0.3 is 5.97 Å². The molecule has 6 heteroatoms. The van der Waals surface area contributed by atoms with Crippen LogP contribution in [-0.2, 0) is 24.8 Å². The van der Waals surface area contributed by atoms with E-state index in [4.69, 9.17) is 5.11 Å². The summed E-state index contributed by atoms with van der Waals surface area (Å²) in [4.78, 5) is 14.9. The molecule has 0 aromatic carbocycles. The number of aromatic nitrogens is 2. The Morgan fingerprint density at radius 3 is 2.58 bits per heavy atom. The number of hydrogen-bond acceptors (Lipinski definition) is 4. The fourth-order valence-corrected chi connectivity index (χ4v) is 1.87. The first-order valence-corrected chi connectivity index (χ1v) is 6.53. The number of likely N-dealkylation sites (N-methyl/N-ethyl adjacent to an activating group) is 1. The minimum Gasteiger partial charge on any atom is -0.480 e. The molecule has 0 aliphatic heterocycles. The third-order valence-corrected chi connectivity index (χ3v) is 3.00. The van der Waals surface area contributed by atoms with Crippen molar-refractivity contribution in [2.45, 2.75) is 19.9 Å². The number of rotatable bonds is 8. The second kappa shape index (κ2) is 7.25. The van der Waals surface area contributed by atoms with Crippen molar-refractivity contribution >= 4 is 5.97 Å². The highest BCUT2D eigenvalue weighted by Gasteiger charge is 2.13. The molecule has 1 N–H and O–H groups in total. The van der Waals surface area contributed by atoms with Crippen molar-refractivity contribution in [2.24, 2.45) is 7.05 Å². The van der Waals surface area contributed by atoms with Gasteiger partial charge in [0.05, 0.1) is 17.9 Å². The van der Waals surface area contributed by atoms with Gasteiger partial charge in [-0.3, -0.25) is 14.4 Å². The Hall–Kier alpha value is -1.40. The van der Waals surface area contributed by atoms with Crippen molar-refractivity contribution in [2.75, 3.05) is 33.7 Å². The number of carboxylic acid groups (broad SMARTS) is 1. The zero-order chi connectivity index (χ0) is 14.4. The van der Waals surface area contributed by atoms with Crippen LogP contribution >= 0.6 is 0 Å². The lowest BCUT2D eigenvalue weighted by Crippen LogP contribution is -2.35. The van der Waals surface area contributed by atoms with Crippen molar-refractivity contribution < 1.29 is 9.90 Å². The van der Waals surface area contributed by atoms with E-state index in [9.17, 15) is 4.79 Å². The van der Waals surface area contributed by atoms with E-state index in [0.717, 1.165) is 30.9 Å². The van der Waals surface area contributed by atoms with Gasteiger partial charge in [-0.2, -0.15) is 5.10 Å². The first kappa shape index (κ1) is 15.7. The molecule has 1 aromatic heterocycles. The van der Waals surface area contributed by atoms with Gasteiger partial charge in [0.25, 0.3) is 0 Å². The smallest absolute Gasteiger partial charge is 0.317 e. The van der Waals surface area contributed by atoms with Crippen molar-refractivity contribution in [3.8, 4) is 0 Å². The Morgan fingerprint density at radius 1 is 1.42 bits per heavy atom. The van der Waals surface area contributed by atoms with Crippen molar-refractivity contribution in [1.82, 2.24) is 19.6 Å². The predicted octanol–water partition coefficient (Wildman–Crippen LogP) is 0.431. The summed E-state index contributed by atoms with van der Waals surface area (Å²) in [6.07, 6.45) is 0.893. The summed E-state index contributed by atoms with van der Waals surface area (Å²) in [6.45, 7) is 4.30. The van der Waals surface area contributed by atoms with Gasteiger partial charge < -0.3 is 10.0 Å². The topological polar surface area (TPSA) is 61.6 Å². The minimum atomic E-state index is -0.795. The summed E-state index contributed by atoms with van der Waals surface area (Å²) in [7, 11) is 5.87. The molecule has 1 rings (SSSR count). The van der Waals surface area contributed by atoms with E-state index in [-0.39, 0.29) is 6.54 Å². The standard InChI is InChI=1S/C13H24N4O2/c1-5-11-8-12(16(4)14-11)9-17(10-13(18)19)7-6-15(2)3/h8H,5-7,9-10H2,1-4H3,(H,18,19). The van der Waals surface area contributed by atoms with Crippen LogP contribution in [0.2, 0.25) is 0 Å². The summed E-state index contributed by atoms with van der Waals surface area (Å²) in [5.74, 6) is -0.795. The Balaban J connectivity index is 2.69. The maximum Gasteiger partial charge on any atom is 0.317 e. The molecule has 0 bridgehead atoms. The Morgan fingerprint density at radius 2 is 2.11 bits per heavy atom. The molecule has 0 spiro atoms. The number of nitrogens with zero attached hydrogens (tertiary/aromatic N) is 4. The summed E-state index contributed by atoms with van der Waals surface area (Å²) in [5, 5.41) is 13.4. The zero-order valence-corrected chi connectivity index (χ0v) is 12.3. The van der Waals surface area contributed by atoms with E-state index in [0.29, 0.717) is 6.54 Å². The SMILES string of the molecule is CCc1cc(CN(CCN(C)C)CC(=O)O)n(C)n1. The molecule has 0 radical (unpaired) electrons. The predicted molar refractivity (Wildman–Crippen MR) is 74.1 cm³/mol. The van der Waals surface area contributed by atoms with Gasteiger partial charge in [-0.1, -0.05) is 6.92 Å². The molecule has 108 valence electrons. The van der Waals surface area contributed by atoms with Gasteiger partial charge in [0.1, 0.15) is 0 Å². The van der Waals surface area contributed by atoms with Gasteiger partial charge in [-0.15, -0.1) is 0 Å². The molecule has 1 aromatic rings. The zero-order valence-electron chi connectivity index (χ0n) is 12.3. The summed E-state index contributed by atoms with van der Waals surface area (Å²) >= 11 is 0. The molecule has 0 aliphatic rings. The van der Waals surface area contributed by atoms with Crippen LogP contribution in [0.4, 0.5) is 0 Å². The molecule has 19 heavy (non-hydrogen) atoms.